The second kappa shape index (κ2) is 8.04. The minimum Gasteiger partial charge on any atom is -0.493 e. The third kappa shape index (κ3) is 4.19. The molecule has 0 bridgehead atoms. The van der Waals surface area contributed by atoms with Gasteiger partial charge in [0.15, 0.2) is 16.6 Å². The molecule has 1 aromatic heterocycles. The van der Waals surface area contributed by atoms with Crippen LogP contribution in [-0.2, 0) is 13.2 Å². The summed E-state index contributed by atoms with van der Waals surface area (Å²) in [6.45, 7) is 1.07. The van der Waals surface area contributed by atoms with Gasteiger partial charge in [-0.3, -0.25) is 0 Å². The zero-order chi connectivity index (χ0) is 16.8. The summed E-state index contributed by atoms with van der Waals surface area (Å²) in [5, 5.41) is 6.80. The van der Waals surface area contributed by atoms with Gasteiger partial charge >= 0.3 is 0 Å². The molecule has 24 heavy (non-hydrogen) atoms. The van der Waals surface area contributed by atoms with Crippen LogP contribution in [-0.4, -0.2) is 12.1 Å². The molecule has 0 fully saturated rings. The first kappa shape index (κ1) is 16.6. The molecule has 3 aromatic rings. The van der Waals surface area contributed by atoms with Crippen LogP contribution in [0, 0.1) is 0 Å². The van der Waals surface area contributed by atoms with Crippen molar-refractivity contribution in [2.24, 2.45) is 0 Å². The first-order chi connectivity index (χ1) is 11.8. The molecule has 3 rings (SSSR count). The summed E-state index contributed by atoms with van der Waals surface area (Å²) in [6.07, 6.45) is 1.78. The Balaban J connectivity index is 1.66. The van der Waals surface area contributed by atoms with Crippen molar-refractivity contribution in [1.29, 1.82) is 0 Å². The van der Waals surface area contributed by atoms with Gasteiger partial charge in [0.25, 0.3) is 0 Å². The number of methoxy groups -OCH3 is 1. The second-order valence-electron chi connectivity index (χ2n) is 5.06. The van der Waals surface area contributed by atoms with E-state index in [2.05, 4.69) is 10.3 Å². The van der Waals surface area contributed by atoms with Gasteiger partial charge in [-0.15, -0.1) is 11.3 Å². The number of aromatic nitrogens is 1. The molecule has 0 aliphatic rings. The number of benzene rings is 2. The highest BCUT2D eigenvalue weighted by Gasteiger charge is 2.08. The van der Waals surface area contributed by atoms with Crippen molar-refractivity contribution in [3.05, 3.63) is 70.2 Å². The monoisotopic (exact) mass is 360 g/mol. The number of thiazole rings is 1. The van der Waals surface area contributed by atoms with Gasteiger partial charge in [0, 0.05) is 28.7 Å². The number of hydrogen-bond donors (Lipinski definition) is 1. The summed E-state index contributed by atoms with van der Waals surface area (Å²) in [5.74, 6) is 1.39. The van der Waals surface area contributed by atoms with E-state index in [1.165, 1.54) is 0 Å². The molecule has 4 nitrogen and oxygen atoms in total. The summed E-state index contributed by atoms with van der Waals surface area (Å²) < 4.78 is 11.3. The van der Waals surface area contributed by atoms with Gasteiger partial charge in [0.1, 0.15) is 6.61 Å². The zero-order valence-electron chi connectivity index (χ0n) is 13.2. The standard InChI is InChI=1S/C18H17ClN2O2S/c1-22-17-10-13(11-21-18-20-8-9-24-18)6-7-16(17)23-12-14-4-2-3-5-15(14)19/h2-10H,11-12H2,1H3,(H,20,21). The lowest BCUT2D eigenvalue weighted by atomic mass is 10.2. The lowest BCUT2D eigenvalue weighted by Gasteiger charge is -2.13. The Labute approximate surface area is 150 Å². The van der Waals surface area contributed by atoms with E-state index >= 15 is 0 Å². The van der Waals surface area contributed by atoms with Gasteiger partial charge in [-0.05, 0) is 23.8 Å². The Morgan fingerprint density at radius 2 is 2.04 bits per heavy atom. The quantitative estimate of drug-likeness (QED) is 0.644. The van der Waals surface area contributed by atoms with Gasteiger partial charge in [-0.1, -0.05) is 35.9 Å². The lowest BCUT2D eigenvalue weighted by molar-refractivity contribution is 0.284. The molecule has 124 valence electrons. The van der Waals surface area contributed by atoms with E-state index in [-0.39, 0.29) is 0 Å². The average molecular weight is 361 g/mol. The van der Waals surface area contributed by atoms with E-state index in [1.54, 1.807) is 24.6 Å². The summed E-state index contributed by atoms with van der Waals surface area (Å²) in [7, 11) is 1.63. The highest BCUT2D eigenvalue weighted by Crippen LogP contribution is 2.30. The lowest BCUT2D eigenvalue weighted by Crippen LogP contribution is -2.01. The fraction of sp³-hybridized carbons (Fsp3) is 0.167. The van der Waals surface area contributed by atoms with Crippen molar-refractivity contribution in [2.45, 2.75) is 13.2 Å². The Kier molecular flexibility index (Phi) is 5.56. The Morgan fingerprint density at radius 3 is 2.79 bits per heavy atom. The molecule has 1 heterocycles. The molecule has 0 aliphatic heterocycles. The summed E-state index contributed by atoms with van der Waals surface area (Å²) >= 11 is 7.73. The highest BCUT2D eigenvalue weighted by atomic mass is 35.5. The zero-order valence-corrected chi connectivity index (χ0v) is 14.7. The minimum atomic E-state index is 0.396. The van der Waals surface area contributed by atoms with E-state index in [9.17, 15) is 0 Å². The molecule has 1 N–H and O–H groups in total. The molecule has 6 heteroatoms. The van der Waals surface area contributed by atoms with E-state index in [4.69, 9.17) is 21.1 Å². The smallest absolute Gasteiger partial charge is 0.182 e. The number of nitrogens with zero attached hydrogens (tertiary/aromatic N) is 1. The van der Waals surface area contributed by atoms with Crippen molar-refractivity contribution >= 4 is 28.1 Å². The van der Waals surface area contributed by atoms with E-state index in [0.717, 1.165) is 16.3 Å². The average Bonchev–Trinajstić information content (AvgIpc) is 3.13. The molecular weight excluding hydrogens is 344 g/mol. The highest BCUT2D eigenvalue weighted by molar-refractivity contribution is 7.13. The molecule has 0 saturated carbocycles. The molecule has 0 amide bonds. The summed E-state index contributed by atoms with van der Waals surface area (Å²) in [5.41, 5.74) is 2.03. The normalized spacial score (nSPS) is 10.4. The fourth-order valence-corrected chi connectivity index (χ4v) is 2.92. The van der Waals surface area contributed by atoms with Gasteiger partial charge < -0.3 is 14.8 Å². The molecule has 0 unspecified atom stereocenters. The fourth-order valence-electron chi connectivity index (χ4n) is 2.20. The molecule has 0 spiro atoms. The van der Waals surface area contributed by atoms with Crippen molar-refractivity contribution in [1.82, 2.24) is 4.98 Å². The maximum Gasteiger partial charge on any atom is 0.182 e. The van der Waals surface area contributed by atoms with Crippen LogP contribution in [0.2, 0.25) is 5.02 Å². The van der Waals surface area contributed by atoms with Crippen molar-refractivity contribution in [3.63, 3.8) is 0 Å². The number of anilines is 1. The Morgan fingerprint density at radius 1 is 1.17 bits per heavy atom. The SMILES string of the molecule is COc1cc(CNc2nccs2)ccc1OCc1ccccc1Cl. The molecule has 0 radical (unpaired) electrons. The van der Waals surface area contributed by atoms with Gasteiger partial charge in [-0.2, -0.15) is 0 Å². The third-order valence-corrected chi connectivity index (χ3v) is 4.54. The van der Waals surface area contributed by atoms with Crippen LogP contribution in [0.5, 0.6) is 11.5 Å². The van der Waals surface area contributed by atoms with Gasteiger partial charge in [-0.25, -0.2) is 4.98 Å². The summed E-state index contributed by atoms with van der Waals surface area (Å²) in [4.78, 5) is 4.20. The Bertz CT molecular complexity index is 793. The third-order valence-electron chi connectivity index (χ3n) is 3.45. The predicted octanol–water partition coefficient (Wildman–Crippen LogP) is 5.00. The van der Waals surface area contributed by atoms with Gasteiger partial charge in [0.2, 0.25) is 0 Å². The predicted molar refractivity (Wildman–Crippen MR) is 98.2 cm³/mol. The topological polar surface area (TPSA) is 43.4 Å². The van der Waals surface area contributed by atoms with Crippen LogP contribution in [0.1, 0.15) is 11.1 Å². The number of hydrogen-bond acceptors (Lipinski definition) is 5. The largest absolute Gasteiger partial charge is 0.493 e. The molecule has 2 aromatic carbocycles. The van der Waals surface area contributed by atoms with Crippen molar-refractivity contribution in [3.8, 4) is 11.5 Å². The van der Waals surface area contributed by atoms with Gasteiger partial charge in [0.05, 0.1) is 7.11 Å². The van der Waals surface area contributed by atoms with Crippen LogP contribution in [0.4, 0.5) is 5.13 Å². The maximum atomic E-state index is 6.15. The number of rotatable bonds is 7. The summed E-state index contributed by atoms with van der Waals surface area (Å²) in [6, 6.07) is 13.5. The Hall–Kier alpha value is -2.24. The number of halogens is 1. The van der Waals surface area contributed by atoms with Crippen LogP contribution >= 0.6 is 22.9 Å². The van der Waals surface area contributed by atoms with Crippen LogP contribution in [0.25, 0.3) is 0 Å². The van der Waals surface area contributed by atoms with E-state index in [0.29, 0.717) is 29.7 Å². The molecule has 0 saturated heterocycles. The van der Waals surface area contributed by atoms with Crippen molar-refractivity contribution in [2.75, 3.05) is 12.4 Å². The van der Waals surface area contributed by atoms with Crippen LogP contribution in [0.3, 0.4) is 0 Å². The first-order valence-corrected chi connectivity index (χ1v) is 8.68. The first-order valence-electron chi connectivity index (χ1n) is 7.43. The number of ether oxygens (including phenoxy) is 2. The van der Waals surface area contributed by atoms with Crippen LogP contribution in [0.15, 0.2) is 54.0 Å². The van der Waals surface area contributed by atoms with Crippen LogP contribution < -0.4 is 14.8 Å². The minimum absolute atomic E-state index is 0.396. The molecular formula is C18H17ClN2O2S. The maximum absolute atomic E-state index is 6.15. The van der Waals surface area contributed by atoms with E-state index in [1.807, 2.05) is 47.8 Å². The van der Waals surface area contributed by atoms with E-state index < -0.39 is 0 Å². The molecule has 0 atom stereocenters. The number of nitrogens with one attached hydrogen (secondary N) is 1. The molecule has 0 aliphatic carbocycles. The second-order valence-corrected chi connectivity index (χ2v) is 6.36. The van der Waals surface area contributed by atoms with Crippen molar-refractivity contribution < 1.29 is 9.47 Å².